The van der Waals surface area contributed by atoms with E-state index in [0.29, 0.717) is 16.8 Å². The summed E-state index contributed by atoms with van der Waals surface area (Å²) in [6.07, 6.45) is 3.77. The number of nitrogens with zero attached hydrogens (tertiary/aromatic N) is 1. The van der Waals surface area contributed by atoms with E-state index in [1.165, 1.54) is 6.92 Å². The fourth-order valence-electron chi connectivity index (χ4n) is 2.81. The number of anilines is 1. The average molecular weight is 376 g/mol. The first kappa shape index (κ1) is 19.1. The highest BCUT2D eigenvalue weighted by molar-refractivity contribution is 6.04. The molecular formula is C22H20N2O4. The summed E-state index contributed by atoms with van der Waals surface area (Å²) in [6.45, 7) is 2.92. The molecule has 2 aromatic carbocycles. The molecule has 6 nitrogen and oxygen atoms in total. The second kappa shape index (κ2) is 8.35. The summed E-state index contributed by atoms with van der Waals surface area (Å²) in [6, 6.07) is 15.7. The maximum atomic E-state index is 12.3. The van der Waals surface area contributed by atoms with E-state index in [4.69, 9.17) is 4.74 Å². The maximum absolute atomic E-state index is 12.3. The van der Waals surface area contributed by atoms with Crippen molar-refractivity contribution in [2.75, 3.05) is 11.9 Å². The van der Waals surface area contributed by atoms with E-state index >= 15 is 0 Å². The second-order valence-electron chi connectivity index (χ2n) is 6.32. The van der Waals surface area contributed by atoms with Crippen molar-refractivity contribution in [2.24, 2.45) is 0 Å². The lowest BCUT2D eigenvalue weighted by molar-refractivity contribution is -0.119. The van der Waals surface area contributed by atoms with Crippen molar-refractivity contribution in [3.63, 3.8) is 0 Å². The Morgan fingerprint density at radius 2 is 1.71 bits per heavy atom. The van der Waals surface area contributed by atoms with Gasteiger partial charge in [0.25, 0.3) is 5.91 Å². The summed E-state index contributed by atoms with van der Waals surface area (Å²) in [5.74, 6) is -1.27. The van der Waals surface area contributed by atoms with Crippen LogP contribution in [0.15, 0.2) is 67.0 Å². The molecule has 0 aliphatic rings. The molecule has 1 amide bonds. The van der Waals surface area contributed by atoms with E-state index in [-0.39, 0.29) is 5.78 Å². The van der Waals surface area contributed by atoms with Crippen molar-refractivity contribution in [3.05, 3.63) is 83.7 Å². The van der Waals surface area contributed by atoms with Gasteiger partial charge in [-0.25, -0.2) is 4.79 Å². The third kappa shape index (κ3) is 4.35. The van der Waals surface area contributed by atoms with Crippen LogP contribution in [0.4, 0.5) is 5.69 Å². The molecule has 0 fully saturated rings. The van der Waals surface area contributed by atoms with Crippen LogP contribution >= 0.6 is 0 Å². The number of Topliss-reactive ketones (excluding diaryl/α,β-unsaturated/α-hetero) is 1. The van der Waals surface area contributed by atoms with Gasteiger partial charge in [-0.15, -0.1) is 0 Å². The van der Waals surface area contributed by atoms with Gasteiger partial charge in [0.05, 0.1) is 11.3 Å². The van der Waals surface area contributed by atoms with Gasteiger partial charge in [0, 0.05) is 23.6 Å². The molecule has 0 radical (unpaired) electrons. The normalized spacial score (nSPS) is 10.4. The molecule has 6 heteroatoms. The zero-order valence-electron chi connectivity index (χ0n) is 15.6. The third-order valence-electron chi connectivity index (χ3n) is 4.24. The summed E-state index contributed by atoms with van der Waals surface area (Å²) in [5, 5.41) is 2.60. The topological polar surface area (TPSA) is 77.4 Å². The summed E-state index contributed by atoms with van der Waals surface area (Å²) in [7, 11) is 0. The zero-order valence-corrected chi connectivity index (χ0v) is 15.6. The smallest absolute Gasteiger partial charge is 0.338 e. The number of ketones is 1. The van der Waals surface area contributed by atoms with Crippen LogP contribution in [0.3, 0.4) is 0 Å². The van der Waals surface area contributed by atoms with Crippen molar-refractivity contribution in [3.8, 4) is 5.69 Å². The molecule has 0 bridgehead atoms. The van der Waals surface area contributed by atoms with Crippen LogP contribution in [0.1, 0.15) is 33.2 Å². The number of benzene rings is 2. The van der Waals surface area contributed by atoms with Gasteiger partial charge >= 0.3 is 5.97 Å². The van der Waals surface area contributed by atoms with E-state index in [1.54, 1.807) is 36.4 Å². The Hall–Kier alpha value is -3.67. The van der Waals surface area contributed by atoms with Gasteiger partial charge in [0.2, 0.25) is 0 Å². The number of nitrogens with one attached hydrogen (secondary N) is 1. The van der Waals surface area contributed by atoms with Gasteiger partial charge in [-0.3, -0.25) is 9.59 Å². The number of hydrogen-bond donors (Lipinski definition) is 1. The molecule has 0 unspecified atom stereocenters. The quantitative estimate of drug-likeness (QED) is 0.525. The molecule has 1 heterocycles. The van der Waals surface area contributed by atoms with Gasteiger partial charge in [-0.1, -0.05) is 18.2 Å². The van der Waals surface area contributed by atoms with Crippen LogP contribution in [0.2, 0.25) is 0 Å². The number of carbonyl (C=O) groups is 3. The van der Waals surface area contributed by atoms with Crippen LogP contribution in [-0.2, 0) is 9.53 Å². The largest absolute Gasteiger partial charge is 0.452 e. The van der Waals surface area contributed by atoms with Gasteiger partial charge in [-0.05, 0) is 55.8 Å². The molecule has 0 aliphatic carbocycles. The fourth-order valence-corrected chi connectivity index (χ4v) is 2.81. The van der Waals surface area contributed by atoms with E-state index in [0.717, 1.165) is 11.3 Å². The predicted octanol–water partition coefficient (Wildman–Crippen LogP) is 3.78. The SMILES string of the molecule is CC(=O)c1ccccc1NC(=O)COC(=O)c1ccc(C)c(-n2cccc2)c1. The lowest BCUT2D eigenvalue weighted by Gasteiger charge is -2.11. The minimum absolute atomic E-state index is 0.162. The number of aryl methyl sites for hydroxylation is 1. The van der Waals surface area contributed by atoms with Gasteiger partial charge in [0.1, 0.15) is 0 Å². The number of rotatable bonds is 6. The Bertz CT molecular complexity index is 1020. The number of esters is 1. The van der Waals surface area contributed by atoms with E-state index in [2.05, 4.69) is 5.32 Å². The number of aromatic nitrogens is 1. The summed E-state index contributed by atoms with van der Waals surface area (Å²) in [4.78, 5) is 36.1. The number of ether oxygens (including phenoxy) is 1. The molecule has 1 N–H and O–H groups in total. The van der Waals surface area contributed by atoms with Crippen molar-refractivity contribution in [1.82, 2.24) is 4.57 Å². The molecule has 3 rings (SSSR count). The minimum Gasteiger partial charge on any atom is -0.452 e. The highest BCUT2D eigenvalue weighted by Gasteiger charge is 2.14. The molecule has 0 aliphatic heterocycles. The van der Waals surface area contributed by atoms with Crippen LogP contribution in [0, 0.1) is 6.92 Å². The molecule has 0 spiro atoms. The van der Waals surface area contributed by atoms with Crippen molar-refractivity contribution in [1.29, 1.82) is 0 Å². The molecule has 3 aromatic rings. The van der Waals surface area contributed by atoms with E-state index < -0.39 is 18.5 Å². The van der Waals surface area contributed by atoms with Crippen LogP contribution in [0.5, 0.6) is 0 Å². The first-order valence-electron chi connectivity index (χ1n) is 8.76. The van der Waals surface area contributed by atoms with Gasteiger partial charge in [0.15, 0.2) is 12.4 Å². The van der Waals surface area contributed by atoms with Crippen LogP contribution in [-0.4, -0.2) is 28.8 Å². The third-order valence-corrected chi connectivity index (χ3v) is 4.24. The first-order chi connectivity index (χ1) is 13.5. The Morgan fingerprint density at radius 3 is 2.43 bits per heavy atom. The number of hydrogen-bond acceptors (Lipinski definition) is 4. The Balaban J connectivity index is 1.65. The number of carbonyl (C=O) groups excluding carboxylic acids is 3. The Labute approximate surface area is 162 Å². The monoisotopic (exact) mass is 376 g/mol. The zero-order chi connectivity index (χ0) is 20.1. The Kier molecular flexibility index (Phi) is 5.69. The van der Waals surface area contributed by atoms with E-state index in [1.807, 2.05) is 42.1 Å². The van der Waals surface area contributed by atoms with E-state index in [9.17, 15) is 14.4 Å². The van der Waals surface area contributed by atoms with Crippen molar-refractivity contribution < 1.29 is 19.1 Å². The fraction of sp³-hybridized carbons (Fsp3) is 0.136. The number of para-hydroxylation sites is 1. The lowest BCUT2D eigenvalue weighted by atomic mass is 10.1. The average Bonchev–Trinajstić information content (AvgIpc) is 3.21. The lowest BCUT2D eigenvalue weighted by Crippen LogP contribution is -2.22. The van der Waals surface area contributed by atoms with Gasteiger partial charge in [-0.2, -0.15) is 0 Å². The van der Waals surface area contributed by atoms with Crippen molar-refractivity contribution >= 4 is 23.3 Å². The minimum atomic E-state index is -0.594. The predicted molar refractivity (Wildman–Crippen MR) is 106 cm³/mol. The molecule has 1 aromatic heterocycles. The molecule has 0 saturated carbocycles. The van der Waals surface area contributed by atoms with Crippen molar-refractivity contribution in [2.45, 2.75) is 13.8 Å². The molecular weight excluding hydrogens is 356 g/mol. The molecule has 142 valence electrons. The van der Waals surface area contributed by atoms with Crippen LogP contribution in [0.25, 0.3) is 5.69 Å². The Morgan fingerprint density at radius 1 is 1.00 bits per heavy atom. The number of amides is 1. The summed E-state index contributed by atoms with van der Waals surface area (Å²) < 4.78 is 7.03. The summed E-state index contributed by atoms with van der Waals surface area (Å²) in [5.41, 5.74) is 3.01. The molecule has 0 saturated heterocycles. The van der Waals surface area contributed by atoms with Crippen LogP contribution < -0.4 is 5.32 Å². The standard InChI is InChI=1S/C22H20N2O4/c1-15-9-10-17(13-20(15)24-11-5-6-12-24)22(27)28-14-21(26)23-19-8-4-3-7-18(19)16(2)25/h3-13H,14H2,1-2H3,(H,23,26). The first-order valence-corrected chi connectivity index (χ1v) is 8.76. The highest BCUT2D eigenvalue weighted by atomic mass is 16.5. The second-order valence-corrected chi connectivity index (χ2v) is 6.32. The van der Waals surface area contributed by atoms with Gasteiger partial charge < -0.3 is 14.6 Å². The summed E-state index contributed by atoms with van der Waals surface area (Å²) >= 11 is 0. The maximum Gasteiger partial charge on any atom is 0.338 e. The highest BCUT2D eigenvalue weighted by Crippen LogP contribution is 2.18. The molecule has 0 atom stereocenters. The molecule has 28 heavy (non-hydrogen) atoms.